The molecular weight excluding hydrogens is 951 g/mol. The van der Waals surface area contributed by atoms with Gasteiger partial charge in [0.2, 0.25) is 0 Å². The van der Waals surface area contributed by atoms with Crippen molar-refractivity contribution in [1.82, 2.24) is 29.5 Å². The molecule has 0 saturated carbocycles. The van der Waals surface area contributed by atoms with Crippen LogP contribution in [0.15, 0.2) is 60.7 Å². The third-order valence-electron chi connectivity index (χ3n) is 18.1. The summed E-state index contributed by atoms with van der Waals surface area (Å²) in [6.45, 7) is 29.2. The molecule has 7 heteroatoms. The van der Waals surface area contributed by atoms with Gasteiger partial charge in [0, 0.05) is 51.9 Å². The number of hydrogen-bond acceptors (Lipinski definition) is 7. The Bertz CT molecular complexity index is 1530. The van der Waals surface area contributed by atoms with Crippen molar-refractivity contribution in [2.75, 3.05) is 78.0 Å². The second-order valence-electron chi connectivity index (χ2n) is 24.5. The summed E-state index contributed by atoms with van der Waals surface area (Å²) in [4.78, 5) is 15.6. The molecular formula is C71H133N7. The molecule has 3 rings (SSSR count). The SMILES string of the molecule is CCCCCCCCCCCCN(CCCCCCCCCCCC)C1(N(CCCCCCCC)CCCCCCCC)N(N(c2ccccc2)c2ccccc2)CCC(N(C)C)C1(N(CC)CC)N(CCCC)CCCC. The minimum atomic E-state index is -0.523. The van der Waals surface area contributed by atoms with E-state index < -0.39 is 5.79 Å². The van der Waals surface area contributed by atoms with E-state index in [2.05, 4.69) is 165 Å². The molecule has 0 amide bonds. The smallest absolute Gasteiger partial charge is 0.183 e. The summed E-state index contributed by atoms with van der Waals surface area (Å²) in [5, 5.41) is 5.89. The highest BCUT2D eigenvalue weighted by Crippen LogP contribution is 2.53. The van der Waals surface area contributed by atoms with Gasteiger partial charge in [0.25, 0.3) is 0 Å². The Morgan fingerprint density at radius 3 is 0.910 bits per heavy atom. The molecule has 0 radical (unpaired) electrons. The monoisotopic (exact) mass is 1080 g/mol. The lowest BCUT2D eigenvalue weighted by molar-refractivity contribution is -0.328. The van der Waals surface area contributed by atoms with Crippen LogP contribution in [-0.2, 0) is 0 Å². The van der Waals surface area contributed by atoms with Crippen LogP contribution in [0, 0.1) is 0 Å². The Morgan fingerprint density at radius 2 is 0.628 bits per heavy atom. The quantitative estimate of drug-likeness (QED) is 0.0480. The highest BCUT2D eigenvalue weighted by Gasteiger charge is 2.72. The number of piperidine rings is 1. The van der Waals surface area contributed by atoms with Crippen LogP contribution in [-0.4, -0.2) is 120 Å². The fourth-order valence-corrected chi connectivity index (χ4v) is 13.9. The van der Waals surface area contributed by atoms with Crippen molar-refractivity contribution in [1.29, 1.82) is 0 Å². The highest BCUT2D eigenvalue weighted by molar-refractivity contribution is 5.62. The van der Waals surface area contributed by atoms with E-state index in [1.807, 2.05) is 0 Å². The fourth-order valence-electron chi connectivity index (χ4n) is 13.9. The number of benzene rings is 2. The van der Waals surface area contributed by atoms with Crippen LogP contribution >= 0.6 is 0 Å². The lowest BCUT2D eigenvalue weighted by atomic mass is 9.77. The molecule has 2 aromatic rings. The van der Waals surface area contributed by atoms with Gasteiger partial charge in [-0.3, -0.25) is 24.6 Å². The van der Waals surface area contributed by atoms with Crippen LogP contribution < -0.4 is 5.01 Å². The van der Waals surface area contributed by atoms with Crippen molar-refractivity contribution < 1.29 is 0 Å². The van der Waals surface area contributed by atoms with Gasteiger partial charge < -0.3 is 4.90 Å². The summed E-state index contributed by atoms with van der Waals surface area (Å²) in [5.74, 6) is -0.523. The predicted molar refractivity (Wildman–Crippen MR) is 347 cm³/mol. The first-order valence-corrected chi connectivity index (χ1v) is 34.7. The predicted octanol–water partition coefficient (Wildman–Crippen LogP) is 20.1. The Kier molecular flexibility index (Phi) is 40.1. The fraction of sp³-hybridized carbons (Fsp3) is 0.831. The van der Waals surface area contributed by atoms with Gasteiger partial charge in [0.15, 0.2) is 5.79 Å². The van der Waals surface area contributed by atoms with Gasteiger partial charge in [-0.15, -0.1) is 0 Å². The molecule has 3 atom stereocenters. The Hall–Kier alpha value is -2.00. The van der Waals surface area contributed by atoms with Crippen molar-refractivity contribution in [3.63, 3.8) is 0 Å². The molecule has 1 aliphatic heterocycles. The van der Waals surface area contributed by atoms with Crippen molar-refractivity contribution in [3.05, 3.63) is 60.7 Å². The summed E-state index contributed by atoms with van der Waals surface area (Å²) < 4.78 is 0. The molecule has 1 heterocycles. The van der Waals surface area contributed by atoms with Gasteiger partial charge in [-0.05, 0) is 96.4 Å². The summed E-state index contributed by atoms with van der Waals surface area (Å²) in [7, 11) is 4.96. The minimum absolute atomic E-state index is 0.301. The lowest BCUT2D eigenvalue weighted by Crippen LogP contribution is -2.94. The molecule has 0 aliphatic carbocycles. The lowest BCUT2D eigenvalue weighted by Gasteiger charge is -2.75. The van der Waals surface area contributed by atoms with Crippen LogP contribution in [0.25, 0.3) is 0 Å². The molecule has 78 heavy (non-hydrogen) atoms. The number of hydrogen-bond donors (Lipinski definition) is 0. The third-order valence-corrected chi connectivity index (χ3v) is 18.1. The average molecular weight is 1080 g/mol. The Morgan fingerprint density at radius 1 is 0.346 bits per heavy atom. The molecule has 0 aromatic heterocycles. The number of nitrogens with zero attached hydrogens (tertiary/aromatic N) is 7. The van der Waals surface area contributed by atoms with Gasteiger partial charge in [0.05, 0.1) is 11.4 Å². The summed E-state index contributed by atoms with van der Waals surface area (Å²) in [5.41, 5.74) is 2.19. The molecule has 0 N–H and O–H groups in total. The first-order valence-electron chi connectivity index (χ1n) is 34.7. The van der Waals surface area contributed by atoms with E-state index in [-0.39, 0.29) is 5.66 Å². The number of rotatable bonds is 52. The maximum absolute atomic E-state index is 3.27. The van der Waals surface area contributed by atoms with E-state index in [0.29, 0.717) is 6.04 Å². The van der Waals surface area contributed by atoms with E-state index in [0.717, 1.165) is 65.3 Å². The largest absolute Gasteiger partial charge is 0.303 e. The maximum atomic E-state index is 3.27. The van der Waals surface area contributed by atoms with Crippen LogP contribution in [0.1, 0.15) is 293 Å². The minimum Gasteiger partial charge on any atom is -0.303 e. The molecule has 0 bridgehead atoms. The van der Waals surface area contributed by atoms with Crippen LogP contribution in [0.2, 0.25) is 0 Å². The van der Waals surface area contributed by atoms with Crippen LogP contribution in [0.5, 0.6) is 0 Å². The Balaban J connectivity index is 2.59. The first kappa shape index (κ1) is 70.3. The number of likely N-dealkylation sites (N-methyl/N-ethyl adjacent to an activating group) is 2. The third kappa shape index (κ3) is 22.6. The van der Waals surface area contributed by atoms with Crippen molar-refractivity contribution in [3.8, 4) is 0 Å². The summed E-state index contributed by atoms with van der Waals surface area (Å²) in [6, 6.07) is 23.7. The molecule has 1 aliphatic rings. The average Bonchev–Trinajstić information content (AvgIpc) is 3.62. The van der Waals surface area contributed by atoms with Crippen molar-refractivity contribution in [2.45, 2.75) is 310 Å². The van der Waals surface area contributed by atoms with Gasteiger partial charge >= 0.3 is 0 Å². The maximum Gasteiger partial charge on any atom is 0.183 e. The number of anilines is 2. The van der Waals surface area contributed by atoms with Crippen LogP contribution in [0.3, 0.4) is 0 Å². The van der Waals surface area contributed by atoms with Crippen molar-refractivity contribution in [2.24, 2.45) is 0 Å². The molecule has 2 aromatic carbocycles. The second kappa shape index (κ2) is 44.6. The topological polar surface area (TPSA) is 22.7 Å². The summed E-state index contributed by atoms with van der Waals surface area (Å²) >= 11 is 0. The van der Waals surface area contributed by atoms with E-state index in [1.165, 1.54) is 243 Å². The van der Waals surface area contributed by atoms with Gasteiger partial charge in [-0.2, -0.15) is 5.01 Å². The molecule has 7 nitrogen and oxygen atoms in total. The van der Waals surface area contributed by atoms with E-state index >= 15 is 0 Å². The van der Waals surface area contributed by atoms with Gasteiger partial charge in [-0.25, -0.2) is 0 Å². The number of hydrazine groups is 1. The highest BCUT2D eigenvalue weighted by atomic mass is 15.8. The molecule has 0 spiro atoms. The zero-order chi connectivity index (χ0) is 56.4. The number of para-hydroxylation sites is 2. The second-order valence-corrected chi connectivity index (χ2v) is 24.5. The molecule has 3 unspecified atom stereocenters. The van der Waals surface area contributed by atoms with Gasteiger partial charge in [-0.1, -0.05) is 284 Å². The normalized spacial score (nSPS) is 18.2. The van der Waals surface area contributed by atoms with Crippen molar-refractivity contribution >= 4 is 11.4 Å². The van der Waals surface area contributed by atoms with E-state index in [1.54, 1.807) is 0 Å². The zero-order valence-corrected chi connectivity index (χ0v) is 54.0. The standard InChI is InChI=1S/C71H133N7/c1-11-19-25-29-33-35-37-39-43-53-64-76(65-54-44-40-38-36-34-30-26-20-12-2)71(75(62-51-41-31-27-21-13-3)63-52-42-32-28-22-14-4)70(73(17-7)18-8,74(60-23-15-5)61-24-16-6)69(72(9)10)59-66-77(71)78(67-55-47-45-48-56-67)68-57-49-46-50-58-68/h45-50,55-58,69H,11-44,51-54,59-66H2,1-10H3. The number of unbranched alkanes of at least 4 members (excludes halogenated alkanes) is 30. The Labute approximate surface area is 487 Å². The van der Waals surface area contributed by atoms with E-state index in [9.17, 15) is 0 Å². The van der Waals surface area contributed by atoms with Crippen LogP contribution in [0.4, 0.5) is 11.4 Å². The molecule has 1 saturated heterocycles. The van der Waals surface area contributed by atoms with Gasteiger partial charge in [0.1, 0.15) is 5.66 Å². The summed E-state index contributed by atoms with van der Waals surface area (Å²) in [6.07, 6.45) is 49.2. The molecule has 1 fully saturated rings. The zero-order valence-electron chi connectivity index (χ0n) is 54.0. The first-order chi connectivity index (χ1) is 38.3. The van der Waals surface area contributed by atoms with E-state index in [4.69, 9.17) is 0 Å². The molecule has 452 valence electrons.